The number of nitrogens with zero attached hydrogens (tertiary/aromatic N) is 2. The quantitative estimate of drug-likeness (QED) is 0.899. The van der Waals surface area contributed by atoms with Crippen molar-refractivity contribution in [2.45, 2.75) is 52.0 Å². The Balaban J connectivity index is 1.88. The average molecular weight is 279 g/mol. The number of rotatable bonds is 2. The number of anilines is 1. The highest BCUT2D eigenvalue weighted by Gasteiger charge is 2.35. The summed E-state index contributed by atoms with van der Waals surface area (Å²) in [6.07, 6.45) is 6.38. The van der Waals surface area contributed by atoms with E-state index in [1.807, 2.05) is 11.3 Å². The molecule has 1 atom stereocenters. The molecule has 3 nitrogen and oxygen atoms in total. The van der Waals surface area contributed by atoms with Gasteiger partial charge in [0.25, 0.3) is 0 Å². The van der Waals surface area contributed by atoms with Gasteiger partial charge in [-0.15, -0.1) is 0 Å². The van der Waals surface area contributed by atoms with Crippen LogP contribution >= 0.6 is 11.3 Å². The predicted molar refractivity (Wildman–Crippen MR) is 82.1 cm³/mol. The highest BCUT2D eigenvalue weighted by Crippen LogP contribution is 2.44. The summed E-state index contributed by atoms with van der Waals surface area (Å²) in [5, 5.41) is 4.75. The van der Waals surface area contributed by atoms with Gasteiger partial charge in [0.1, 0.15) is 0 Å². The van der Waals surface area contributed by atoms with Crippen LogP contribution in [0.15, 0.2) is 0 Å². The number of thiazole rings is 1. The molecule has 0 spiro atoms. The first-order chi connectivity index (χ1) is 9.09. The van der Waals surface area contributed by atoms with Crippen molar-refractivity contribution in [3.05, 3.63) is 10.6 Å². The van der Waals surface area contributed by atoms with Gasteiger partial charge >= 0.3 is 0 Å². The summed E-state index contributed by atoms with van der Waals surface area (Å²) >= 11 is 1.93. The number of aromatic nitrogens is 1. The van der Waals surface area contributed by atoms with Crippen LogP contribution in [0.2, 0.25) is 0 Å². The van der Waals surface area contributed by atoms with Crippen LogP contribution in [-0.4, -0.2) is 25.1 Å². The zero-order chi connectivity index (χ0) is 13.5. The topological polar surface area (TPSA) is 28.2 Å². The molecule has 4 heteroatoms. The lowest BCUT2D eigenvalue weighted by Gasteiger charge is -2.34. The van der Waals surface area contributed by atoms with Crippen LogP contribution in [-0.2, 0) is 6.42 Å². The minimum atomic E-state index is 0.369. The molecule has 1 aromatic heterocycles. The maximum absolute atomic E-state index is 4.97. The van der Waals surface area contributed by atoms with Gasteiger partial charge in [-0.2, -0.15) is 0 Å². The highest BCUT2D eigenvalue weighted by atomic mass is 32.1. The normalized spacial score (nSPS) is 26.3. The molecule has 0 amide bonds. The maximum Gasteiger partial charge on any atom is 0.185 e. The van der Waals surface area contributed by atoms with Gasteiger partial charge in [0, 0.05) is 24.0 Å². The Morgan fingerprint density at radius 1 is 1.26 bits per heavy atom. The van der Waals surface area contributed by atoms with Crippen molar-refractivity contribution in [1.29, 1.82) is 0 Å². The lowest BCUT2D eigenvalue weighted by atomic mass is 9.76. The average Bonchev–Trinajstić information content (AvgIpc) is 2.81. The molecule has 1 saturated heterocycles. The van der Waals surface area contributed by atoms with E-state index in [0.29, 0.717) is 11.5 Å². The standard InChI is InChI=1S/C15H25N3S/c1-15(2)9-11(16-3)13-12(10-15)17-14(19-13)18-7-5-4-6-8-18/h11,16H,4-10H2,1-3H3. The van der Waals surface area contributed by atoms with Crippen LogP contribution in [0.1, 0.15) is 56.1 Å². The molecule has 1 fully saturated rings. The fourth-order valence-electron chi connectivity index (χ4n) is 3.37. The Bertz CT molecular complexity index is 446. The number of fused-ring (bicyclic) bond motifs is 1. The molecule has 3 rings (SSSR count). The fourth-order valence-corrected chi connectivity index (χ4v) is 4.62. The van der Waals surface area contributed by atoms with Crippen molar-refractivity contribution >= 4 is 16.5 Å². The van der Waals surface area contributed by atoms with Crippen LogP contribution < -0.4 is 10.2 Å². The van der Waals surface area contributed by atoms with E-state index in [1.54, 1.807) is 0 Å². The molecule has 1 aliphatic heterocycles. The Morgan fingerprint density at radius 2 is 2.00 bits per heavy atom. The van der Waals surface area contributed by atoms with E-state index in [-0.39, 0.29) is 0 Å². The van der Waals surface area contributed by atoms with Crippen LogP contribution in [0.4, 0.5) is 5.13 Å². The van der Waals surface area contributed by atoms with E-state index in [2.05, 4.69) is 31.1 Å². The molecular formula is C15H25N3S. The Labute approximate surface area is 120 Å². The monoisotopic (exact) mass is 279 g/mol. The van der Waals surface area contributed by atoms with Gasteiger partial charge in [0.2, 0.25) is 0 Å². The highest BCUT2D eigenvalue weighted by molar-refractivity contribution is 7.15. The summed E-state index contributed by atoms with van der Waals surface area (Å²) in [7, 11) is 2.08. The Hall–Kier alpha value is -0.610. The van der Waals surface area contributed by atoms with Crippen LogP contribution in [0.25, 0.3) is 0 Å². The molecule has 0 bridgehead atoms. The van der Waals surface area contributed by atoms with Gasteiger partial charge in [-0.1, -0.05) is 25.2 Å². The van der Waals surface area contributed by atoms with Crippen LogP contribution in [0.5, 0.6) is 0 Å². The Morgan fingerprint density at radius 3 is 2.68 bits per heavy atom. The second kappa shape index (κ2) is 5.06. The summed E-state index contributed by atoms with van der Waals surface area (Å²) in [6, 6.07) is 0.495. The van der Waals surface area contributed by atoms with Crippen molar-refractivity contribution < 1.29 is 0 Å². The van der Waals surface area contributed by atoms with Gasteiger partial charge in [-0.3, -0.25) is 0 Å². The molecule has 2 aliphatic rings. The predicted octanol–water partition coefficient (Wildman–Crippen LogP) is 3.37. The summed E-state index contributed by atoms with van der Waals surface area (Å²) in [5.41, 5.74) is 1.72. The number of piperidine rings is 1. The first-order valence-electron chi connectivity index (χ1n) is 7.51. The number of hydrogen-bond acceptors (Lipinski definition) is 4. The molecule has 19 heavy (non-hydrogen) atoms. The third kappa shape index (κ3) is 2.65. The molecule has 2 heterocycles. The molecule has 106 valence electrons. The minimum Gasteiger partial charge on any atom is -0.348 e. The van der Waals surface area contributed by atoms with Crippen LogP contribution in [0, 0.1) is 5.41 Å². The molecule has 0 saturated carbocycles. The zero-order valence-corrected chi connectivity index (χ0v) is 13.1. The first kappa shape index (κ1) is 13.4. The second-order valence-corrected chi connectivity index (χ2v) is 7.75. The summed E-state index contributed by atoms with van der Waals surface area (Å²) in [5.74, 6) is 0. The maximum atomic E-state index is 4.97. The molecular weight excluding hydrogens is 254 g/mol. The van der Waals surface area contributed by atoms with E-state index >= 15 is 0 Å². The van der Waals surface area contributed by atoms with E-state index in [0.717, 1.165) is 6.42 Å². The van der Waals surface area contributed by atoms with Crippen LogP contribution in [0.3, 0.4) is 0 Å². The third-order valence-corrected chi connectivity index (χ3v) is 5.68. The summed E-state index contributed by atoms with van der Waals surface area (Å²) in [4.78, 5) is 8.95. The largest absolute Gasteiger partial charge is 0.348 e. The van der Waals surface area contributed by atoms with E-state index in [9.17, 15) is 0 Å². The number of hydrogen-bond donors (Lipinski definition) is 1. The fraction of sp³-hybridized carbons (Fsp3) is 0.800. The molecule has 1 unspecified atom stereocenters. The van der Waals surface area contributed by atoms with Crippen molar-refractivity contribution in [1.82, 2.24) is 10.3 Å². The van der Waals surface area contributed by atoms with E-state index < -0.39 is 0 Å². The van der Waals surface area contributed by atoms with Crippen molar-refractivity contribution in [3.63, 3.8) is 0 Å². The summed E-state index contributed by atoms with van der Waals surface area (Å²) in [6.45, 7) is 7.11. The lowest BCUT2D eigenvalue weighted by Crippen LogP contribution is -2.31. The zero-order valence-electron chi connectivity index (χ0n) is 12.3. The molecule has 0 radical (unpaired) electrons. The van der Waals surface area contributed by atoms with Gasteiger partial charge in [0.05, 0.1) is 5.69 Å². The minimum absolute atomic E-state index is 0.369. The summed E-state index contributed by atoms with van der Waals surface area (Å²) < 4.78 is 0. The van der Waals surface area contributed by atoms with E-state index in [4.69, 9.17) is 4.98 Å². The van der Waals surface area contributed by atoms with Crippen molar-refractivity contribution in [2.24, 2.45) is 5.41 Å². The molecule has 1 aliphatic carbocycles. The molecule has 1 N–H and O–H groups in total. The second-order valence-electron chi connectivity index (χ2n) is 6.74. The van der Waals surface area contributed by atoms with Gasteiger partial charge in [-0.05, 0) is 44.6 Å². The Kier molecular flexibility index (Phi) is 3.56. The SMILES string of the molecule is CNC1CC(C)(C)Cc2nc(N3CCCCC3)sc21. The van der Waals surface area contributed by atoms with Gasteiger partial charge in [-0.25, -0.2) is 4.98 Å². The van der Waals surface area contributed by atoms with Crippen molar-refractivity contribution in [2.75, 3.05) is 25.0 Å². The van der Waals surface area contributed by atoms with Gasteiger partial charge < -0.3 is 10.2 Å². The number of nitrogens with one attached hydrogen (secondary N) is 1. The molecule has 0 aromatic carbocycles. The lowest BCUT2D eigenvalue weighted by molar-refractivity contribution is 0.265. The smallest absolute Gasteiger partial charge is 0.185 e. The molecule has 1 aromatic rings. The van der Waals surface area contributed by atoms with E-state index in [1.165, 1.54) is 54.5 Å². The third-order valence-electron chi connectivity index (χ3n) is 4.41. The van der Waals surface area contributed by atoms with Crippen molar-refractivity contribution in [3.8, 4) is 0 Å². The van der Waals surface area contributed by atoms with Gasteiger partial charge in [0.15, 0.2) is 5.13 Å². The first-order valence-corrected chi connectivity index (χ1v) is 8.32.